The molecular weight excluding hydrogens is 397 g/mol. The summed E-state index contributed by atoms with van der Waals surface area (Å²) in [4.78, 5) is 19.4. The Morgan fingerprint density at radius 1 is 1.30 bits per heavy atom. The fraction of sp³-hybridized carbons (Fsp3) is 0.667. The lowest BCUT2D eigenvalue weighted by atomic mass is 9.60. The zero-order valence-corrected chi connectivity index (χ0v) is 16.6. The van der Waals surface area contributed by atoms with Crippen molar-refractivity contribution in [3.63, 3.8) is 0 Å². The molecule has 3 saturated heterocycles. The number of nitriles is 1. The minimum Gasteiger partial charge on any atom is -0.481 e. The van der Waals surface area contributed by atoms with E-state index in [4.69, 9.17) is 5.11 Å². The van der Waals surface area contributed by atoms with E-state index in [0.717, 1.165) is 6.42 Å². The average molecular weight is 420 g/mol. The van der Waals surface area contributed by atoms with E-state index >= 15 is 0 Å². The first-order valence-electron chi connectivity index (χ1n) is 10.4. The first-order chi connectivity index (χ1) is 14.2. The second kappa shape index (κ2) is 6.50. The molecule has 160 valence electrons. The lowest BCUT2D eigenvalue weighted by Gasteiger charge is -2.54. The van der Waals surface area contributed by atoms with Gasteiger partial charge in [-0.05, 0) is 37.5 Å². The highest BCUT2D eigenvalue weighted by molar-refractivity contribution is 5.71. The van der Waals surface area contributed by atoms with Gasteiger partial charge in [0.15, 0.2) is 0 Å². The lowest BCUT2D eigenvalue weighted by Crippen LogP contribution is -2.58. The van der Waals surface area contributed by atoms with Crippen molar-refractivity contribution in [2.24, 2.45) is 17.8 Å². The zero-order chi connectivity index (χ0) is 21.4. The molecule has 1 saturated carbocycles. The number of hydrogen-bond donors (Lipinski definition) is 1. The van der Waals surface area contributed by atoms with Gasteiger partial charge in [-0.1, -0.05) is 0 Å². The molecule has 4 fully saturated rings. The number of halogens is 3. The van der Waals surface area contributed by atoms with Crippen LogP contribution >= 0.6 is 0 Å². The first-order valence-corrected chi connectivity index (χ1v) is 10.4. The van der Waals surface area contributed by atoms with E-state index < -0.39 is 24.1 Å². The molecule has 30 heavy (non-hydrogen) atoms. The van der Waals surface area contributed by atoms with Crippen LogP contribution in [0, 0.1) is 29.1 Å². The van der Waals surface area contributed by atoms with E-state index in [2.05, 4.69) is 4.98 Å². The highest BCUT2D eigenvalue weighted by atomic mass is 19.3. The third-order valence-corrected chi connectivity index (χ3v) is 7.52. The Balaban J connectivity index is 1.55. The molecule has 1 aromatic rings. The van der Waals surface area contributed by atoms with Crippen LogP contribution in [0.4, 0.5) is 24.8 Å². The quantitative estimate of drug-likeness (QED) is 0.806. The molecule has 5 atom stereocenters. The summed E-state index contributed by atoms with van der Waals surface area (Å²) in [6.45, 7) is 2.85. The third kappa shape index (κ3) is 2.69. The van der Waals surface area contributed by atoms with Gasteiger partial charge in [0, 0.05) is 37.1 Å². The van der Waals surface area contributed by atoms with Gasteiger partial charge in [0.2, 0.25) is 0 Å². The van der Waals surface area contributed by atoms with Crippen molar-refractivity contribution in [2.45, 2.75) is 50.7 Å². The highest BCUT2D eigenvalue weighted by Crippen LogP contribution is 2.52. The second-order valence-corrected chi connectivity index (χ2v) is 9.14. The summed E-state index contributed by atoms with van der Waals surface area (Å²) in [5.74, 6) is -2.78. The maximum atomic E-state index is 14.8. The SMILES string of the molecule is C[C@H]1C(F)CN1c1nc(N2C[C@H]3C[C@@H](C2)[C@@H]3CC(=O)O)c2c(c1C#N)C(F)(F)CC2. The number of piperidine rings is 2. The fourth-order valence-corrected chi connectivity index (χ4v) is 5.76. The third-order valence-electron chi connectivity index (χ3n) is 7.52. The summed E-state index contributed by atoms with van der Waals surface area (Å²) >= 11 is 0. The predicted molar refractivity (Wildman–Crippen MR) is 102 cm³/mol. The standard InChI is InChI=1S/C21H23F3N4O2/c1-10-16(22)9-28(10)20-15(6-25)18-13(2-3-21(18,23)24)19(26-20)27-7-11-4-12(8-27)14(11)5-17(29)30/h10-12,14,16H,2-5,7-9H2,1H3,(H,29,30)/t10-,11-,12+,14-,16?/m0/s1. The Morgan fingerprint density at radius 3 is 2.57 bits per heavy atom. The molecule has 0 amide bonds. The van der Waals surface area contributed by atoms with Gasteiger partial charge in [-0.3, -0.25) is 4.79 Å². The van der Waals surface area contributed by atoms with E-state index in [9.17, 15) is 23.2 Å². The first kappa shape index (κ1) is 19.5. The number of rotatable bonds is 4. The monoisotopic (exact) mass is 420 g/mol. The van der Waals surface area contributed by atoms with Gasteiger partial charge in [0.1, 0.15) is 29.4 Å². The van der Waals surface area contributed by atoms with E-state index in [0.29, 0.717) is 24.5 Å². The van der Waals surface area contributed by atoms with Crippen LogP contribution < -0.4 is 9.80 Å². The van der Waals surface area contributed by atoms with Crippen LogP contribution in [0.3, 0.4) is 0 Å². The maximum Gasteiger partial charge on any atom is 0.303 e. The van der Waals surface area contributed by atoms with Crippen molar-refractivity contribution in [3.05, 3.63) is 16.7 Å². The maximum absolute atomic E-state index is 14.8. The van der Waals surface area contributed by atoms with Crippen LogP contribution in [0.5, 0.6) is 0 Å². The predicted octanol–water partition coefficient (Wildman–Crippen LogP) is 3.08. The van der Waals surface area contributed by atoms with Gasteiger partial charge in [-0.15, -0.1) is 0 Å². The Labute approximate surface area is 172 Å². The molecule has 1 unspecified atom stereocenters. The van der Waals surface area contributed by atoms with E-state index in [1.807, 2.05) is 11.0 Å². The van der Waals surface area contributed by atoms with Gasteiger partial charge in [-0.2, -0.15) is 5.26 Å². The summed E-state index contributed by atoms with van der Waals surface area (Å²) in [7, 11) is 0. The van der Waals surface area contributed by atoms with Crippen molar-refractivity contribution in [1.29, 1.82) is 5.26 Å². The number of aromatic nitrogens is 1. The number of pyridine rings is 1. The van der Waals surface area contributed by atoms with Crippen LogP contribution in [0.1, 0.15) is 42.9 Å². The number of nitrogens with zero attached hydrogens (tertiary/aromatic N) is 4. The Bertz CT molecular complexity index is 951. The molecule has 6 nitrogen and oxygen atoms in total. The van der Waals surface area contributed by atoms with Gasteiger partial charge in [-0.25, -0.2) is 18.2 Å². The Kier molecular flexibility index (Phi) is 4.21. The Morgan fingerprint density at radius 2 is 2.00 bits per heavy atom. The van der Waals surface area contributed by atoms with Crippen molar-refractivity contribution in [3.8, 4) is 6.07 Å². The summed E-state index contributed by atoms with van der Waals surface area (Å²) in [5, 5.41) is 18.8. The second-order valence-electron chi connectivity index (χ2n) is 9.14. The average Bonchev–Trinajstić information content (AvgIpc) is 3.04. The van der Waals surface area contributed by atoms with E-state index in [-0.39, 0.29) is 60.5 Å². The summed E-state index contributed by atoms with van der Waals surface area (Å²) in [6, 6.07) is 1.41. The number of carboxylic acids is 1. The normalized spacial score (nSPS) is 33.4. The number of aliphatic carboxylic acids is 1. The van der Waals surface area contributed by atoms with Gasteiger partial charge >= 0.3 is 5.97 Å². The molecule has 9 heteroatoms. The molecule has 4 heterocycles. The molecular formula is C21H23F3N4O2. The number of anilines is 2. The van der Waals surface area contributed by atoms with Crippen molar-refractivity contribution < 1.29 is 23.1 Å². The summed E-state index contributed by atoms with van der Waals surface area (Å²) in [6.07, 6.45) is -0.212. The van der Waals surface area contributed by atoms with Crippen molar-refractivity contribution in [2.75, 3.05) is 29.4 Å². The molecule has 3 aliphatic heterocycles. The molecule has 2 aliphatic carbocycles. The van der Waals surface area contributed by atoms with Crippen LogP contribution in [0.2, 0.25) is 0 Å². The number of fused-ring (bicyclic) bond motifs is 3. The summed E-state index contributed by atoms with van der Waals surface area (Å²) in [5.41, 5.74) is 0.0307. The molecule has 2 bridgehead atoms. The minimum atomic E-state index is -3.11. The number of hydrogen-bond acceptors (Lipinski definition) is 5. The molecule has 0 aromatic carbocycles. The molecule has 0 spiro atoms. The van der Waals surface area contributed by atoms with Gasteiger partial charge < -0.3 is 14.9 Å². The minimum absolute atomic E-state index is 0.0403. The number of carbonyl (C=O) groups is 1. The van der Waals surface area contributed by atoms with Gasteiger partial charge in [0.25, 0.3) is 5.92 Å². The molecule has 6 rings (SSSR count). The van der Waals surface area contributed by atoms with Crippen molar-refractivity contribution >= 4 is 17.6 Å². The van der Waals surface area contributed by atoms with Crippen LogP contribution in [0.25, 0.3) is 0 Å². The number of carboxylic acid groups (broad SMARTS) is 1. The zero-order valence-electron chi connectivity index (χ0n) is 16.6. The van der Waals surface area contributed by atoms with Crippen molar-refractivity contribution in [1.82, 2.24) is 4.98 Å². The van der Waals surface area contributed by atoms with E-state index in [1.165, 1.54) is 0 Å². The molecule has 5 aliphatic rings. The topological polar surface area (TPSA) is 80.5 Å². The van der Waals surface area contributed by atoms with Crippen LogP contribution in [-0.2, 0) is 17.1 Å². The number of alkyl halides is 3. The lowest BCUT2D eigenvalue weighted by molar-refractivity contribution is -0.141. The fourth-order valence-electron chi connectivity index (χ4n) is 5.76. The molecule has 0 radical (unpaired) electrons. The smallest absolute Gasteiger partial charge is 0.303 e. The largest absolute Gasteiger partial charge is 0.481 e. The van der Waals surface area contributed by atoms with E-state index in [1.54, 1.807) is 11.8 Å². The van der Waals surface area contributed by atoms with Gasteiger partial charge in [0.05, 0.1) is 12.6 Å². The highest BCUT2D eigenvalue weighted by Gasteiger charge is 2.51. The van der Waals surface area contributed by atoms with Crippen LogP contribution in [0.15, 0.2) is 0 Å². The summed E-state index contributed by atoms with van der Waals surface area (Å²) < 4.78 is 43.4. The van der Waals surface area contributed by atoms with Crippen LogP contribution in [-0.4, -0.2) is 47.9 Å². The molecule has 1 N–H and O–H groups in total. The Hall–Kier alpha value is -2.50. The molecule has 1 aromatic heterocycles.